The van der Waals surface area contributed by atoms with Crippen LogP contribution in [-0.2, 0) is 12.8 Å². The van der Waals surface area contributed by atoms with E-state index < -0.39 is 17.5 Å². The van der Waals surface area contributed by atoms with Crippen LogP contribution < -0.4 is 0 Å². The molecule has 0 heterocycles. The van der Waals surface area contributed by atoms with Crippen molar-refractivity contribution in [1.29, 1.82) is 5.26 Å². The van der Waals surface area contributed by atoms with Crippen LogP contribution in [0.25, 0.3) is 11.6 Å². The highest BCUT2D eigenvalue weighted by Gasteiger charge is 2.20. The van der Waals surface area contributed by atoms with Crippen LogP contribution in [0.4, 0.5) is 13.2 Å². The zero-order valence-corrected chi connectivity index (χ0v) is 13.3. The van der Waals surface area contributed by atoms with Gasteiger partial charge in [-0.1, -0.05) is 19.4 Å². The normalized spacial score (nSPS) is 13.2. The Morgan fingerprint density at radius 2 is 1.71 bits per heavy atom. The van der Waals surface area contributed by atoms with Crippen molar-refractivity contribution in [2.24, 2.45) is 0 Å². The standard InChI is InChI=1S/C20H16F3N/c1-2-3-12-6-18(22)20(19(23)7-12)14-5-4-13-8-16(11-24)17(21)10-15(13)9-14/h6-10H,2-5H2,1H3. The van der Waals surface area contributed by atoms with Gasteiger partial charge in [0, 0.05) is 5.56 Å². The molecule has 1 nitrogen and oxygen atoms in total. The van der Waals surface area contributed by atoms with Crippen molar-refractivity contribution in [2.75, 3.05) is 0 Å². The van der Waals surface area contributed by atoms with Gasteiger partial charge < -0.3 is 0 Å². The maximum absolute atomic E-state index is 14.4. The molecule has 24 heavy (non-hydrogen) atoms. The number of rotatable bonds is 3. The van der Waals surface area contributed by atoms with Gasteiger partial charge in [0.25, 0.3) is 0 Å². The van der Waals surface area contributed by atoms with Crippen LogP contribution in [0.3, 0.4) is 0 Å². The SMILES string of the molecule is CCCc1cc(F)c(C2=Cc3cc(F)c(C#N)cc3CC2)c(F)c1. The van der Waals surface area contributed by atoms with Crippen molar-refractivity contribution >= 4 is 11.6 Å². The Bertz CT molecular complexity index is 852. The Morgan fingerprint density at radius 3 is 2.33 bits per heavy atom. The molecule has 0 aromatic heterocycles. The van der Waals surface area contributed by atoms with Gasteiger partial charge in [-0.3, -0.25) is 0 Å². The molecule has 0 saturated carbocycles. The van der Waals surface area contributed by atoms with Gasteiger partial charge in [0.1, 0.15) is 23.5 Å². The van der Waals surface area contributed by atoms with Crippen LogP contribution >= 0.6 is 0 Å². The molecule has 0 unspecified atom stereocenters. The molecule has 0 radical (unpaired) electrons. The Labute approximate surface area is 139 Å². The molecule has 3 rings (SSSR count). The highest BCUT2D eigenvalue weighted by Crippen LogP contribution is 2.34. The Balaban J connectivity index is 2.06. The van der Waals surface area contributed by atoms with Crippen LogP contribution in [0.1, 0.15) is 47.6 Å². The Kier molecular flexibility index (Phi) is 4.44. The minimum Gasteiger partial charge on any atom is -0.206 e. The number of hydrogen-bond donors (Lipinski definition) is 0. The molecule has 0 aliphatic heterocycles. The summed E-state index contributed by atoms with van der Waals surface area (Å²) in [4.78, 5) is 0. The second-order valence-corrected chi connectivity index (χ2v) is 6.00. The summed E-state index contributed by atoms with van der Waals surface area (Å²) in [6.45, 7) is 1.95. The molecule has 122 valence electrons. The van der Waals surface area contributed by atoms with Crippen molar-refractivity contribution in [3.8, 4) is 6.07 Å². The van der Waals surface area contributed by atoms with Crippen molar-refractivity contribution < 1.29 is 13.2 Å². The predicted octanol–water partition coefficient (Wildman–Crippen LogP) is 5.41. The second kappa shape index (κ2) is 6.52. The fourth-order valence-electron chi connectivity index (χ4n) is 3.16. The summed E-state index contributed by atoms with van der Waals surface area (Å²) in [6.07, 6.45) is 4.02. The minimum absolute atomic E-state index is 0.00752. The summed E-state index contributed by atoms with van der Waals surface area (Å²) < 4.78 is 42.6. The number of nitrogens with zero attached hydrogens (tertiary/aromatic N) is 1. The summed E-state index contributed by atoms with van der Waals surface area (Å²) in [6, 6.07) is 7.32. The van der Waals surface area contributed by atoms with E-state index in [9.17, 15) is 13.2 Å². The highest BCUT2D eigenvalue weighted by molar-refractivity contribution is 5.85. The third-order valence-corrected chi connectivity index (χ3v) is 4.30. The fraction of sp³-hybridized carbons (Fsp3) is 0.250. The maximum Gasteiger partial charge on any atom is 0.141 e. The summed E-state index contributed by atoms with van der Waals surface area (Å²) in [5, 5.41) is 8.89. The van der Waals surface area contributed by atoms with E-state index in [4.69, 9.17) is 5.26 Å². The highest BCUT2D eigenvalue weighted by atomic mass is 19.1. The molecule has 1 aliphatic rings. The fourth-order valence-corrected chi connectivity index (χ4v) is 3.16. The molecule has 2 aromatic carbocycles. The van der Waals surface area contributed by atoms with Crippen LogP contribution in [-0.4, -0.2) is 0 Å². The molecule has 1 aliphatic carbocycles. The van der Waals surface area contributed by atoms with Crippen molar-refractivity contribution in [2.45, 2.75) is 32.6 Å². The van der Waals surface area contributed by atoms with Gasteiger partial charge in [0.15, 0.2) is 0 Å². The van der Waals surface area contributed by atoms with Gasteiger partial charge in [-0.05, 0) is 65.8 Å². The number of halogens is 3. The third-order valence-electron chi connectivity index (χ3n) is 4.30. The lowest BCUT2D eigenvalue weighted by atomic mass is 9.87. The molecule has 0 spiro atoms. The monoisotopic (exact) mass is 327 g/mol. The van der Waals surface area contributed by atoms with Gasteiger partial charge in [0.05, 0.1) is 5.56 Å². The number of allylic oxidation sites excluding steroid dienone is 1. The van der Waals surface area contributed by atoms with Crippen LogP contribution in [0.5, 0.6) is 0 Å². The first-order chi connectivity index (χ1) is 11.5. The number of hydrogen-bond acceptors (Lipinski definition) is 1. The number of aryl methyl sites for hydroxylation is 2. The number of benzene rings is 2. The van der Waals surface area contributed by atoms with E-state index in [0.717, 1.165) is 12.0 Å². The molecule has 0 bridgehead atoms. The van der Waals surface area contributed by atoms with Crippen molar-refractivity contribution in [3.05, 3.63) is 69.5 Å². The lowest BCUT2D eigenvalue weighted by Gasteiger charge is -2.18. The average molecular weight is 327 g/mol. The summed E-state index contributed by atoms with van der Waals surface area (Å²) in [7, 11) is 0. The van der Waals surface area contributed by atoms with Crippen LogP contribution in [0, 0.1) is 28.8 Å². The lowest BCUT2D eigenvalue weighted by Crippen LogP contribution is -2.05. The molecule has 0 saturated heterocycles. The van der Waals surface area contributed by atoms with E-state index in [1.807, 2.05) is 13.0 Å². The van der Waals surface area contributed by atoms with Crippen LogP contribution in [0.15, 0.2) is 24.3 Å². The van der Waals surface area contributed by atoms with Gasteiger partial charge in [-0.25, -0.2) is 13.2 Å². The van der Waals surface area contributed by atoms with Crippen LogP contribution in [0.2, 0.25) is 0 Å². The molecule has 4 heteroatoms. The molecule has 0 amide bonds. The summed E-state index contributed by atoms with van der Waals surface area (Å²) >= 11 is 0. The van der Waals surface area contributed by atoms with Gasteiger partial charge in [-0.15, -0.1) is 0 Å². The van der Waals surface area contributed by atoms with E-state index in [-0.39, 0.29) is 11.1 Å². The van der Waals surface area contributed by atoms with E-state index >= 15 is 0 Å². The average Bonchev–Trinajstić information content (AvgIpc) is 2.53. The first-order valence-electron chi connectivity index (χ1n) is 7.95. The predicted molar refractivity (Wildman–Crippen MR) is 87.7 cm³/mol. The first-order valence-corrected chi connectivity index (χ1v) is 7.95. The molecule has 0 N–H and O–H groups in total. The topological polar surface area (TPSA) is 23.8 Å². The largest absolute Gasteiger partial charge is 0.206 e. The van der Waals surface area contributed by atoms with Crippen molar-refractivity contribution in [1.82, 2.24) is 0 Å². The van der Waals surface area contributed by atoms with E-state index in [1.54, 1.807) is 6.08 Å². The van der Waals surface area contributed by atoms with E-state index in [1.165, 1.54) is 24.3 Å². The zero-order chi connectivity index (χ0) is 17.3. The molecule has 0 fully saturated rings. The Morgan fingerprint density at radius 1 is 1.00 bits per heavy atom. The van der Waals surface area contributed by atoms with E-state index in [0.29, 0.717) is 36.0 Å². The summed E-state index contributed by atoms with van der Waals surface area (Å²) in [5.74, 6) is -1.78. The van der Waals surface area contributed by atoms with Gasteiger partial charge in [0.2, 0.25) is 0 Å². The summed E-state index contributed by atoms with van der Waals surface area (Å²) in [5.41, 5.74) is 2.50. The lowest BCUT2D eigenvalue weighted by molar-refractivity contribution is 0.571. The first kappa shape index (κ1) is 16.3. The third kappa shape index (κ3) is 2.94. The molecular formula is C20H16F3N. The molecule has 2 aromatic rings. The Hall–Kier alpha value is -2.54. The number of fused-ring (bicyclic) bond motifs is 1. The molecular weight excluding hydrogens is 311 g/mol. The maximum atomic E-state index is 14.4. The van der Waals surface area contributed by atoms with Gasteiger partial charge in [-0.2, -0.15) is 5.26 Å². The van der Waals surface area contributed by atoms with E-state index in [2.05, 4.69) is 0 Å². The van der Waals surface area contributed by atoms with Crippen molar-refractivity contribution in [3.63, 3.8) is 0 Å². The smallest absolute Gasteiger partial charge is 0.141 e. The minimum atomic E-state index is -0.618. The second-order valence-electron chi connectivity index (χ2n) is 6.00. The number of nitriles is 1. The quantitative estimate of drug-likeness (QED) is 0.739. The van der Waals surface area contributed by atoms with Gasteiger partial charge >= 0.3 is 0 Å². The zero-order valence-electron chi connectivity index (χ0n) is 13.3. The molecule has 0 atom stereocenters.